The van der Waals surface area contributed by atoms with Gasteiger partial charge >= 0.3 is 5.97 Å². The molecule has 0 radical (unpaired) electrons. The second-order valence-corrected chi connectivity index (χ2v) is 9.72. The summed E-state index contributed by atoms with van der Waals surface area (Å²) in [5, 5.41) is 8.21. The molecule has 2 aromatic rings. The highest BCUT2D eigenvalue weighted by atomic mass is 16.5. The number of likely N-dealkylation sites (tertiary alicyclic amines) is 1. The number of carbonyl (C=O) groups excluding carboxylic acids is 1. The van der Waals surface area contributed by atoms with E-state index in [-0.39, 0.29) is 12.1 Å². The summed E-state index contributed by atoms with van der Waals surface area (Å²) >= 11 is 0. The Balaban J connectivity index is 0.000000327. The maximum atomic E-state index is 12.4. The number of ketones is 1. The average Bonchev–Trinajstić information content (AvgIpc) is 3.27. The Labute approximate surface area is 210 Å². The van der Waals surface area contributed by atoms with E-state index in [0.717, 1.165) is 38.8 Å². The molecule has 0 unspecified atom stereocenters. The maximum absolute atomic E-state index is 12.4. The van der Waals surface area contributed by atoms with Crippen LogP contribution in [0.1, 0.15) is 76.7 Å². The van der Waals surface area contributed by atoms with E-state index in [1.165, 1.54) is 42.4 Å². The molecule has 0 spiro atoms. The fourth-order valence-corrected chi connectivity index (χ4v) is 4.88. The minimum atomic E-state index is -0.675. The predicted octanol–water partition coefficient (Wildman–Crippen LogP) is 6.50. The van der Waals surface area contributed by atoms with Crippen molar-refractivity contribution in [3.63, 3.8) is 0 Å². The minimum Gasteiger partial charge on any atom is -0.481 e. The highest BCUT2D eigenvalue weighted by Crippen LogP contribution is 2.27. The summed E-state index contributed by atoms with van der Waals surface area (Å²) in [7, 11) is 0. The molecular formula is C30H41NO4. The fraction of sp³-hybridized carbons (Fsp3) is 0.533. The number of benzene rings is 2. The lowest BCUT2D eigenvalue weighted by Gasteiger charge is -2.31. The van der Waals surface area contributed by atoms with Crippen LogP contribution in [0.4, 0.5) is 0 Å². The predicted molar refractivity (Wildman–Crippen MR) is 140 cm³/mol. The first-order valence-corrected chi connectivity index (χ1v) is 13.3. The molecule has 1 heterocycles. The van der Waals surface area contributed by atoms with Crippen LogP contribution in [-0.2, 0) is 20.9 Å². The molecule has 5 heteroatoms. The molecule has 0 amide bonds. The zero-order valence-corrected chi connectivity index (χ0v) is 21.2. The highest BCUT2D eigenvalue weighted by Gasteiger charge is 2.37. The zero-order chi connectivity index (χ0) is 24.9. The van der Waals surface area contributed by atoms with E-state index >= 15 is 0 Å². The summed E-state index contributed by atoms with van der Waals surface area (Å²) in [6, 6.07) is 19.0. The average molecular weight is 480 g/mol. The third-order valence-electron chi connectivity index (χ3n) is 6.91. The normalized spacial score (nSPS) is 20.3. The number of unbranched alkanes of at least 4 members (excludes halogenated alkanes) is 3. The first kappa shape index (κ1) is 27.1. The summed E-state index contributed by atoms with van der Waals surface area (Å²) in [6.07, 6.45) is 9.81. The smallest absolute Gasteiger partial charge is 0.303 e. The van der Waals surface area contributed by atoms with Crippen LogP contribution in [0.2, 0.25) is 0 Å². The standard InChI is InChI=1S/C23H27NO2.C7H14O2/c25-23-16-21(15-22(23)24-13-5-2-6-14-24)26-17-18-9-11-20(12-10-18)19-7-3-1-4-8-19;1-2-3-4-5-6-7(8)9/h1,3-4,7-12,21-22H,2,5-6,13-17H2;2-6H2,1H3,(H,8,9)/t21-,22-;/m0./s1. The molecule has 2 fully saturated rings. The van der Waals surface area contributed by atoms with Crippen LogP contribution in [-0.4, -0.2) is 47.0 Å². The molecule has 2 atom stereocenters. The van der Waals surface area contributed by atoms with Gasteiger partial charge in [-0.1, -0.05) is 87.2 Å². The molecular weight excluding hydrogens is 438 g/mol. The van der Waals surface area contributed by atoms with Crippen molar-refractivity contribution in [1.29, 1.82) is 0 Å². The number of carboxylic acids is 1. The quantitative estimate of drug-likeness (QED) is 0.394. The molecule has 35 heavy (non-hydrogen) atoms. The fourth-order valence-electron chi connectivity index (χ4n) is 4.88. The van der Waals surface area contributed by atoms with Crippen LogP contribution in [0.3, 0.4) is 0 Å². The van der Waals surface area contributed by atoms with Gasteiger partial charge in [0.2, 0.25) is 0 Å². The van der Waals surface area contributed by atoms with Crippen molar-refractivity contribution >= 4 is 11.8 Å². The monoisotopic (exact) mass is 479 g/mol. The summed E-state index contributed by atoms with van der Waals surface area (Å²) in [4.78, 5) is 24.7. The van der Waals surface area contributed by atoms with Gasteiger partial charge in [0.1, 0.15) is 0 Å². The molecule has 5 nitrogen and oxygen atoms in total. The number of carboxylic acid groups (broad SMARTS) is 1. The molecule has 1 N–H and O–H groups in total. The second kappa shape index (κ2) is 14.8. The summed E-state index contributed by atoms with van der Waals surface area (Å²) in [5.74, 6) is -0.303. The first-order chi connectivity index (χ1) is 17.1. The van der Waals surface area contributed by atoms with Gasteiger partial charge in [-0.05, 0) is 55.5 Å². The van der Waals surface area contributed by atoms with Gasteiger partial charge < -0.3 is 9.84 Å². The van der Waals surface area contributed by atoms with Gasteiger partial charge in [0.25, 0.3) is 0 Å². The molecule has 4 rings (SSSR count). The molecule has 1 saturated carbocycles. The maximum Gasteiger partial charge on any atom is 0.303 e. The summed E-state index contributed by atoms with van der Waals surface area (Å²) < 4.78 is 6.08. The lowest BCUT2D eigenvalue weighted by Crippen LogP contribution is -2.41. The van der Waals surface area contributed by atoms with Crippen LogP contribution in [0, 0.1) is 0 Å². The van der Waals surface area contributed by atoms with Crippen LogP contribution in [0.5, 0.6) is 0 Å². The number of aliphatic carboxylic acids is 1. The molecule has 2 aliphatic rings. The van der Waals surface area contributed by atoms with E-state index in [4.69, 9.17) is 9.84 Å². The summed E-state index contributed by atoms with van der Waals surface area (Å²) in [5.41, 5.74) is 3.61. The minimum absolute atomic E-state index is 0.0724. The van der Waals surface area contributed by atoms with Crippen molar-refractivity contribution in [2.24, 2.45) is 0 Å². The van der Waals surface area contributed by atoms with E-state index in [9.17, 15) is 9.59 Å². The number of rotatable bonds is 10. The van der Waals surface area contributed by atoms with E-state index in [0.29, 0.717) is 25.2 Å². The number of Topliss-reactive ketones (excluding diaryl/α,β-unsaturated/α-hetero) is 1. The number of carbonyl (C=O) groups is 2. The van der Waals surface area contributed by atoms with E-state index in [1.807, 2.05) is 6.07 Å². The van der Waals surface area contributed by atoms with E-state index in [2.05, 4.69) is 60.4 Å². The van der Waals surface area contributed by atoms with Crippen LogP contribution >= 0.6 is 0 Å². The third kappa shape index (κ3) is 9.23. The van der Waals surface area contributed by atoms with Gasteiger partial charge in [-0.3, -0.25) is 14.5 Å². The Morgan fingerprint density at radius 2 is 1.63 bits per heavy atom. The van der Waals surface area contributed by atoms with Crippen LogP contribution in [0.25, 0.3) is 11.1 Å². The highest BCUT2D eigenvalue weighted by molar-refractivity contribution is 5.86. The van der Waals surface area contributed by atoms with Gasteiger partial charge in [0.05, 0.1) is 18.8 Å². The van der Waals surface area contributed by atoms with Crippen molar-refractivity contribution in [3.05, 3.63) is 60.2 Å². The second-order valence-electron chi connectivity index (χ2n) is 9.72. The Bertz CT molecular complexity index is 890. The lowest BCUT2D eigenvalue weighted by molar-refractivity contribution is -0.137. The van der Waals surface area contributed by atoms with Gasteiger partial charge in [-0.25, -0.2) is 0 Å². The number of hydrogen-bond donors (Lipinski definition) is 1. The zero-order valence-electron chi connectivity index (χ0n) is 21.2. The van der Waals surface area contributed by atoms with Crippen molar-refractivity contribution in [2.45, 2.75) is 89.9 Å². The molecule has 1 aliphatic heterocycles. The Morgan fingerprint density at radius 1 is 0.943 bits per heavy atom. The van der Waals surface area contributed by atoms with Crippen molar-refractivity contribution < 1.29 is 19.4 Å². The van der Waals surface area contributed by atoms with Crippen molar-refractivity contribution in [1.82, 2.24) is 4.90 Å². The molecule has 2 aromatic carbocycles. The summed E-state index contributed by atoms with van der Waals surface area (Å²) in [6.45, 7) is 4.84. The Hall–Kier alpha value is -2.50. The number of nitrogens with zero attached hydrogens (tertiary/aromatic N) is 1. The molecule has 1 saturated heterocycles. The molecule has 1 aliphatic carbocycles. The SMILES string of the molecule is CCCCCCC(=O)O.O=C1C[C@@H](OCc2ccc(-c3ccccc3)cc2)C[C@@H]1N1CCCCC1. The number of hydrogen-bond acceptors (Lipinski definition) is 4. The largest absolute Gasteiger partial charge is 0.481 e. The topological polar surface area (TPSA) is 66.8 Å². The Morgan fingerprint density at radius 3 is 2.29 bits per heavy atom. The first-order valence-electron chi connectivity index (χ1n) is 13.3. The Kier molecular flexibility index (Phi) is 11.5. The van der Waals surface area contributed by atoms with E-state index < -0.39 is 5.97 Å². The van der Waals surface area contributed by atoms with Gasteiger partial charge in [0.15, 0.2) is 5.78 Å². The number of piperidine rings is 1. The van der Waals surface area contributed by atoms with Crippen LogP contribution in [0.15, 0.2) is 54.6 Å². The molecule has 190 valence electrons. The van der Waals surface area contributed by atoms with Gasteiger partial charge in [0, 0.05) is 12.8 Å². The lowest BCUT2D eigenvalue weighted by atomic mass is 10.0. The number of ether oxygens (including phenoxy) is 1. The van der Waals surface area contributed by atoms with E-state index in [1.54, 1.807) is 0 Å². The van der Waals surface area contributed by atoms with Gasteiger partial charge in [-0.15, -0.1) is 0 Å². The molecule has 0 bridgehead atoms. The van der Waals surface area contributed by atoms with Crippen LogP contribution < -0.4 is 0 Å². The van der Waals surface area contributed by atoms with Crippen molar-refractivity contribution in [3.8, 4) is 11.1 Å². The third-order valence-corrected chi connectivity index (χ3v) is 6.91. The van der Waals surface area contributed by atoms with Crippen molar-refractivity contribution in [2.75, 3.05) is 13.1 Å². The van der Waals surface area contributed by atoms with Gasteiger partial charge in [-0.2, -0.15) is 0 Å². The molecule has 0 aromatic heterocycles.